The summed E-state index contributed by atoms with van der Waals surface area (Å²) in [7, 11) is 3.52. The van der Waals surface area contributed by atoms with Crippen LogP contribution < -0.4 is 16.0 Å². The summed E-state index contributed by atoms with van der Waals surface area (Å²) in [6, 6.07) is 10.2. The van der Waals surface area contributed by atoms with E-state index in [1.54, 1.807) is 18.0 Å². The summed E-state index contributed by atoms with van der Waals surface area (Å²) in [6.45, 7) is 0. The molecule has 0 radical (unpaired) electrons. The first-order chi connectivity index (χ1) is 8.76. The van der Waals surface area contributed by atoms with Crippen molar-refractivity contribution in [1.82, 2.24) is 15.2 Å². The van der Waals surface area contributed by atoms with Crippen molar-refractivity contribution in [2.24, 2.45) is 12.9 Å². The fourth-order valence-corrected chi connectivity index (χ4v) is 2.07. The predicted octanol–water partition coefficient (Wildman–Crippen LogP) is 1.18. The summed E-state index contributed by atoms with van der Waals surface area (Å²) in [5.74, 6) is 6.40. The number of methoxy groups -OCH3 is 1. The molecule has 1 heterocycles. The molecule has 1 aromatic carbocycles. The molecule has 96 valence electrons. The Labute approximate surface area is 107 Å². The van der Waals surface area contributed by atoms with E-state index in [0.29, 0.717) is 0 Å². The normalized spacial score (nSPS) is 12.4. The Hall–Kier alpha value is -1.85. The average molecular weight is 246 g/mol. The van der Waals surface area contributed by atoms with Crippen LogP contribution in [0.5, 0.6) is 5.75 Å². The van der Waals surface area contributed by atoms with Crippen molar-refractivity contribution in [2.45, 2.75) is 12.5 Å². The number of rotatable bonds is 5. The molecule has 0 aliphatic heterocycles. The monoisotopic (exact) mass is 246 g/mol. The second-order valence-electron chi connectivity index (χ2n) is 4.13. The highest BCUT2D eigenvalue weighted by Crippen LogP contribution is 2.26. The smallest absolute Gasteiger partial charge is 0.161 e. The largest absolute Gasteiger partial charge is 0.493 e. The maximum absolute atomic E-state index is 5.66. The van der Waals surface area contributed by atoms with E-state index in [2.05, 4.69) is 22.7 Å². The number of nitrogens with zero attached hydrogens (tertiary/aromatic N) is 2. The fourth-order valence-electron chi connectivity index (χ4n) is 2.07. The van der Waals surface area contributed by atoms with Crippen LogP contribution in [0.1, 0.15) is 17.3 Å². The maximum Gasteiger partial charge on any atom is 0.161 e. The van der Waals surface area contributed by atoms with Gasteiger partial charge in [0.2, 0.25) is 0 Å². The Balaban J connectivity index is 2.25. The lowest BCUT2D eigenvalue weighted by molar-refractivity contribution is 0.394. The molecule has 0 fully saturated rings. The fraction of sp³-hybridized carbons (Fsp3) is 0.308. The van der Waals surface area contributed by atoms with Gasteiger partial charge in [0, 0.05) is 7.05 Å². The van der Waals surface area contributed by atoms with Crippen LogP contribution in [0, 0.1) is 0 Å². The van der Waals surface area contributed by atoms with Crippen LogP contribution in [-0.2, 0) is 13.5 Å². The van der Waals surface area contributed by atoms with Gasteiger partial charge in [-0.3, -0.25) is 16.0 Å². The number of aromatic nitrogens is 2. The Bertz CT molecular complexity index is 495. The number of hydrazine groups is 1. The Morgan fingerprint density at radius 2 is 2.11 bits per heavy atom. The van der Waals surface area contributed by atoms with Crippen molar-refractivity contribution >= 4 is 0 Å². The third-order valence-corrected chi connectivity index (χ3v) is 2.98. The van der Waals surface area contributed by atoms with Gasteiger partial charge in [-0.05, 0) is 12.0 Å². The van der Waals surface area contributed by atoms with Crippen molar-refractivity contribution in [3.8, 4) is 5.75 Å². The molecule has 0 bridgehead atoms. The van der Waals surface area contributed by atoms with Crippen molar-refractivity contribution < 1.29 is 4.74 Å². The van der Waals surface area contributed by atoms with Gasteiger partial charge in [-0.2, -0.15) is 5.10 Å². The van der Waals surface area contributed by atoms with Crippen LogP contribution in [0.4, 0.5) is 0 Å². The third kappa shape index (κ3) is 2.52. The number of benzene rings is 1. The van der Waals surface area contributed by atoms with Gasteiger partial charge in [0.25, 0.3) is 0 Å². The molecule has 1 unspecified atom stereocenters. The number of aryl methyl sites for hydroxylation is 1. The molecule has 0 aliphatic rings. The van der Waals surface area contributed by atoms with E-state index in [9.17, 15) is 0 Å². The SMILES string of the molecule is COc1cnn(C)c1C(Cc1ccccc1)NN. The van der Waals surface area contributed by atoms with Gasteiger partial charge in [-0.25, -0.2) is 0 Å². The topological polar surface area (TPSA) is 65.1 Å². The minimum atomic E-state index is -0.0325. The third-order valence-electron chi connectivity index (χ3n) is 2.98. The average Bonchev–Trinajstić information content (AvgIpc) is 2.78. The molecule has 2 rings (SSSR count). The van der Waals surface area contributed by atoms with Gasteiger partial charge < -0.3 is 4.74 Å². The minimum absolute atomic E-state index is 0.0325. The molecule has 0 saturated carbocycles. The number of ether oxygens (including phenoxy) is 1. The highest BCUT2D eigenvalue weighted by molar-refractivity contribution is 5.30. The molecular weight excluding hydrogens is 228 g/mol. The Morgan fingerprint density at radius 3 is 2.72 bits per heavy atom. The van der Waals surface area contributed by atoms with Crippen LogP contribution in [0.25, 0.3) is 0 Å². The van der Waals surface area contributed by atoms with Crippen molar-refractivity contribution in [2.75, 3.05) is 7.11 Å². The van der Waals surface area contributed by atoms with Crippen LogP contribution >= 0.6 is 0 Å². The Morgan fingerprint density at radius 1 is 1.39 bits per heavy atom. The first-order valence-corrected chi connectivity index (χ1v) is 5.82. The number of hydrogen-bond donors (Lipinski definition) is 2. The van der Waals surface area contributed by atoms with Crippen molar-refractivity contribution in [3.05, 3.63) is 47.8 Å². The molecular formula is C13H18N4O. The molecule has 0 saturated heterocycles. The first-order valence-electron chi connectivity index (χ1n) is 5.82. The summed E-state index contributed by atoms with van der Waals surface area (Å²) in [6.07, 6.45) is 2.48. The molecule has 2 aromatic rings. The zero-order valence-corrected chi connectivity index (χ0v) is 10.6. The highest BCUT2D eigenvalue weighted by atomic mass is 16.5. The van der Waals surface area contributed by atoms with E-state index in [-0.39, 0.29) is 6.04 Å². The van der Waals surface area contributed by atoms with Crippen LogP contribution in [0.3, 0.4) is 0 Å². The van der Waals surface area contributed by atoms with E-state index in [1.165, 1.54) is 5.56 Å². The van der Waals surface area contributed by atoms with Crippen LogP contribution in [0.2, 0.25) is 0 Å². The number of nitrogens with two attached hydrogens (primary N) is 1. The zero-order chi connectivity index (χ0) is 13.0. The van der Waals surface area contributed by atoms with Gasteiger partial charge in [-0.15, -0.1) is 0 Å². The lowest BCUT2D eigenvalue weighted by Crippen LogP contribution is -2.31. The van der Waals surface area contributed by atoms with Gasteiger partial charge in [-0.1, -0.05) is 30.3 Å². The van der Waals surface area contributed by atoms with Crippen LogP contribution in [0.15, 0.2) is 36.5 Å². The summed E-state index contributed by atoms with van der Waals surface area (Å²) in [4.78, 5) is 0. The Kier molecular flexibility index (Phi) is 3.96. The minimum Gasteiger partial charge on any atom is -0.493 e. The predicted molar refractivity (Wildman–Crippen MR) is 70.0 cm³/mol. The van der Waals surface area contributed by atoms with E-state index < -0.39 is 0 Å². The summed E-state index contributed by atoms with van der Waals surface area (Å²) in [5, 5.41) is 4.19. The molecule has 0 amide bonds. The van der Waals surface area contributed by atoms with E-state index in [1.807, 2.05) is 25.2 Å². The van der Waals surface area contributed by atoms with Crippen LogP contribution in [-0.4, -0.2) is 16.9 Å². The maximum atomic E-state index is 5.66. The summed E-state index contributed by atoms with van der Waals surface area (Å²) in [5.41, 5.74) is 4.99. The van der Waals surface area contributed by atoms with Gasteiger partial charge in [0.15, 0.2) is 5.75 Å². The molecule has 1 aromatic heterocycles. The summed E-state index contributed by atoms with van der Waals surface area (Å²) < 4.78 is 7.09. The van der Waals surface area contributed by atoms with Gasteiger partial charge >= 0.3 is 0 Å². The number of hydrogen-bond acceptors (Lipinski definition) is 4. The molecule has 18 heavy (non-hydrogen) atoms. The molecule has 5 heteroatoms. The molecule has 3 N–H and O–H groups in total. The van der Waals surface area contributed by atoms with Gasteiger partial charge in [0.05, 0.1) is 25.0 Å². The molecule has 5 nitrogen and oxygen atoms in total. The van der Waals surface area contributed by atoms with E-state index >= 15 is 0 Å². The quantitative estimate of drug-likeness (QED) is 0.614. The van der Waals surface area contributed by atoms with Gasteiger partial charge in [0.1, 0.15) is 0 Å². The second kappa shape index (κ2) is 5.66. The molecule has 0 spiro atoms. The van der Waals surface area contributed by atoms with Crippen molar-refractivity contribution in [3.63, 3.8) is 0 Å². The standard InChI is InChI=1S/C13H18N4O/c1-17-13(12(18-2)9-15-17)11(16-14)8-10-6-4-3-5-7-10/h3-7,9,11,16H,8,14H2,1-2H3. The lowest BCUT2D eigenvalue weighted by atomic mass is 10.0. The second-order valence-corrected chi connectivity index (χ2v) is 4.13. The summed E-state index contributed by atoms with van der Waals surface area (Å²) >= 11 is 0. The van der Waals surface area contributed by atoms with E-state index in [0.717, 1.165) is 17.9 Å². The first kappa shape index (κ1) is 12.6. The number of nitrogens with one attached hydrogen (secondary N) is 1. The molecule has 0 aliphatic carbocycles. The molecule has 1 atom stereocenters. The zero-order valence-electron chi connectivity index (χ0n) is 10.6. The highest BCUT2D eigenvalue weighted by Gasteiger charge is 2.19. The van der Waals surface area contributed by atoms with E-state index in [4.69, 9.17) is 10.6 Å². The van der Waals surface area contributed by atoms with Crippen molar-refractivity contribution in [1.29, 1.82) is 0 Å². The lowest BCUT2D eigenvalue weighted by Gasteiger charge is -2.17.